The number of piperazine rings is 1. The molecule has 3 rings (SSSR count). The number of nitrogens with zero attached hydrogens (tertiary/aromatic N) is 2. The highest BCUT2D eigenvalue weighted by Crippen LogP contribution is 2.31. The topological polar surface area (TPSA) is 20.0 Å². The van der Waals surface area contributed by atoms with E-state index >= 15 is 0 Å². The van der Waals surface area contributed by atoms with E-state index in [9.17, 15) is 13.2 Å². The SMILES string of the molecule is FC(F)(F)c1ccccc1C=NN1CC[NH+](Cc2ccc(Cl)cc2)CC1. The van der Waals surface area contributed by atoms with Gasteiger partial charge in [-0.1, -0.05) is 41.9 Å². The van der Waals surface area contributed by atoms with Gasteiger partial charge in [-0.25, -0.2) is 0 Å². The van der Waals surface area contributed by atoms with E-state index in [2.05, 4.69) is 5.10 Å². The predicted molar refractivity (Wildman–Crippen MR) is 96.5 cm³/mol. The number of hydrogen-bond acceptors (Lipinski definition) is 2. The van der Waals surface area contributed by atoms with Gasteiger partial charge in [0, 0.05) is 16.1 Å². The molecule has 1 aliphatic heterocycles. The molecule has 1 saturated heterocycles. The van der Waals surface area contributed by atoms with E-state index in [0.29, 0.717) is 13.1 Å². The quantitative estimate of drug-likeness (QED) is 0.806. The molecule has 3 nitrogen and oxygen atoms in total. The molecule has 1 fully saturated rings. The van der Waals surface area contributed by atoms with Crippen LogP contribution in [0.5, 0.6) is 0 Å². The fraction of sp³-hybridized carbons (Fsp3) is 0.316. The Morgan fingerprint density at radius 1 is 1.04 bits per heavy atom. The summed E-state index contributed by atoms with van der Waals surface area (Å²) in [5.41, 5.74) is 0.659. The zero-order chi connectivity index (χ0) is 18.6. The Morgan fingerprint density at radius 2 is 1.69 bits per heavy atom. The van der Waals surface area contributed by atoms with Gasteiger partial charge < -0.3 is 4.90 Å². The van der Waals surface area contributed by atoms with Crippen molar-refractivity contribution in [3.63, 3.8) is 0 Å². The maximum Gasteiger partial charge on any atom is 0.417 e. The van der Waals surface area contributed by atoms with Crippen molar-refractivity contribution in [2.24, 2.45) is 5.10 Å². The first-order valence-corrected chi connectivity index (χ1v) is 8.83. The molecule has 1 heterocycles. The lowest BCUT2D eigenvalue weighted by molar-refractivity contribution is -0.918. The van der Waals surface area contributed by atoms with E-state index in [0.717, 1.165) is 30.7 Å². The molecule has 0 unspecified atom stereocenters. The molecule has 0 amide bonds. The van der Waals surface area contributed by atoms with Crippen molar-refractivity contribution < 1.29 is 18.1 Å². The van der Waals surface area contributed by atoms with Gasteiger partial charge in [0.25, 0.3) is 0 Å². The van der Waals surface area contributed by atoms with Gasteiger partial charge in [0.2, 0.25) is 0 Å². The van der Waals surface area contributed by atoms with Gasteiger partial charge in [-0.2, -0.15) is 18.3 Å². The van der Waals surface area contributed by atoms with Crippen molar-refractivity contribution in [2.45, 2.75) is 12.7 Å². The summed E-state index contributed by atoms with van der Waals surface area (Å²) in [6, 6.07) is 13.3. The van der Waals surface area contributed by atoms with Crippen molar-refractivity contribution in [2.75, 3.05) is 26.2 Å². The number of benzene rings is 2. The number of quaternary nitrogens is 1. The molecule has 0 spiro atoms. The average molecular weight is 383 g/mol. The van der Waals surface area contributed by atoms with Crippen LogP contribution in [0.1, 0.15) is 16.7 Å². The Morgan fingerprint density at radius 3 is 2.35 bits per heavy atom. The minimum absolute atomic E-state index is 0.0935. The molecular weight excluding hydrogens is 363 g/mol. The third kappa shape index (κ3) is 4.99. The van der Waals surface area contributed by atoms with Gasteiger partial charge in [-0.05, 0) is 18.2 Å². The fourth-order valence-corrected chi connectivity index (χ4v) is 3.13. The molecule has 1 N–H and O–H groups in total. The Balaban J connectivity index is 1.56. The van der Waals surface area contributed by atoms with E-state index in [4.69, 9.17) is 11.6 Å². The van der Waals surface area contributed by atoms with Crippen LogP contribution in [0, 0.1) is 0 Å². The summed E-state index contributed by atoms with van der Waals surface area (Å²) in [7, 11) is 0. The number of alkyl halides is 3. The maximum absolute atomic E-state index is 13.0. The third-order valence-electron chi connectivity index (χ3n) is 4.44. The van der Waals surface area contributed by atoms with Crippen LogP contribution >= 0.6 is 11.6 Å². The second-order valence-electron chi connectivity index (χ2n) is 6.34. The van der Waals surface area contributed by atoms with Crippen LogP contribution in [0.25, 0.3) is 0 Å². The maximum atomic E-state index is 13.0. The molecule has 0 aliphatic carbocycles. The van der Waals surface area contributed by atoms with Crippen molar-refractivity contribution in [1.82, 2.24) is 5.01 Å². The minimum atomic E-state index is -4.37. The van der Waals surface area contributed by atoms with Crippen molar-refractivity contribution in [3.8, 4) is 0 Å². The molecule has 0 atom stereocenters. The summed E-state index contributed by atoms with van der Waals surface area (Å²) in [6.45, 7) is 4.12. The molecule has 2 aromatic rings. The lowest BCUT2D eigenvalue weighted by atomic mass is 10.1. The molecule has 0 aromatic heterocycles. The molecule has 7 heteroatoms. The first-order chi connectivity index (χ1) is 12.4. The number of nitrogens with one attached hydrogen (secondary N) is 1. The summed E-state index contributed by atoms with van der Waals surface area (Å²) < 4.78 is 39.0. The summed E-state index contributed by atoms with van der Waals surface area (Å²) in [6.07, 6.45) is -3.06. The van der Waals surface area contributed by atoms with Crippen LogP contribution in [0.2, 0.25) is 5.02 Å². The standard InChI is InChI=1S/C19H19ClF3N3/c20-17-7-5-15(6-8-17)14-25-9-11-26(12-10-25)24-13-16-3-1-2-4-18(16)19(21,22)23/h1-8,13H,9-12,14H2/p+1. The lowest BCUT2D eigenvalue weighted by Crippen LogP contribution is -3.13. The van der Waals surface area contributed by atoms with E-state index < -0.39 is 11.7 Å². The zero-order valence-corrected chi connectivity index (χ0v) is 14.9. The van der Waals surface area contributed by atoms with Crippen molar-refractivity contribution in [3.05, 3.63) is 70.2 Å². The monoisotopic (exact) mass is 382 g/mol. The predicted octanol–water partition coefficient (Wildman–Crippen LogP) is 3.09. The van der Waals surface area contributed by atoms with Gasteiger partial charge >= 0.3 is 6.18 Å². The molecule has 138 valence electrons. The normalized spacial score (nSPS) is 16.4. The van der Waals surface area contributed by atoms with Crippen LogP contribution in [0.3, 0.4) is 0 Å². The lowest BCUT2D eigenvalue weighted by Gasteiger charge is -2.30. The van der Waals surface area contributed by atoms with Gasteiger partial charge in [0.05, 0.1) is 38.0 Å². The van der Waals surface area contributed by atoms with Crippen molar-refractivity contribution in [1.29, 1.82) is 0 Å². The summed E-state index contributed by atoms with van der Waals surface area (Å²) in [5.74, 6) is 0. The van der Waals surface area contributed by atoms with Crippen molar-refractivity contribution >= 4 is 17.8 Å². The number of hydrogen-bond donors (Lipinski definition) is 1. The highest BCUT2D eigenvalue weighted by atomic mass is 35.5. The zero-order valence-electron chi connectivity index (χ0n) is 14.1. The van der Waals surface area contributed by atoms with Crippen LogP contribution in [-0.4, -0.2) is 37.4 Å². The Labute approximate surface area is 155 Å². The molecule has 0 bridgehead atoms. The van der Waals surface area contributed by atoms with E-state index in [1.165, 1.54) is 28.8 Å². The molecule has 0 saturated carbocycles. The van der Waals surface area contributed by atoms with E-state index in [1.807, 2.05) is 29.3 Å². The first kappa shape index (κ1) is 18.7. The number of rotatable bonds is 4. The molecule has 1 aliphatic rings. The summed E-state index contributed by atoms with van der Waals surface area (Å²) in [4.78, 5) is 1.43. The highest BCUT2D eigenvalue weighted by molar-refractivity contribution is 6.30. The number of halogens is 4. The summed E-state index contributed by atoms with van der Waals surface area (Å²) in [5, 5.41) is 6.81. The van der Waals surface area contributed by atoms with Gasteiger partial charge in [0.1, 0.15) is 6.54 Å². The second-order valence-corrected chi connectivity index (χ2v) is 6.77. The fourth-order valence-electron chi connectivity index (χ4n) is 3.01. The minimum Gasteiger partial charge on any atom is -0.328 e. The smallest absolute Gasteiger partial charge is 0.328 e. The Bertz CT molecular complexity index is 751. The largest absolute Gasteiger partial charge is 0.417 e. The van der Waals surface area contributed by atoms with Crippen LogP contribution in [0.4, 0.5) is 13.2 Å². The van der Waals surface area contributed by atoms with Gasteiger partial charge in [-0.15, -0.1) is 0 Å². The Hall–Kier alpha value is -2.05. The molecule has 0 radical (unpaired) electrons. The van der Waals surface area contributed by atoms with E-state index in [1.54, 1.807) is 6.07 Å². The van der Waals surface area contributed by atoms with Crippen LogP contribution < -0.4 is 4.90 Å². The first-order valence-electron chi connectivity index (χ1n) is 8.45. The molecular formula is C19H20ClF3N3+. The molecule has 2 aromatic carbocycles. The second kappa shape index (κ2) is 8.10. The highest BCUT2D eigenvalue weighted by Gasteiger charge is 2.32. The Kier molecular flexibility index (Phi) is 5.84. The third-order valence-corrected chi connectivity index (χ3v) is 4.69. The molecule has 26 heavy (non-hydrogen) atoms. The van der Waals surface area contributed by atoms with Crippen LogP contribution in [-0.2, 0) is 12.7 Å². The van der Waals surface area contributed by atoms with Crippen LogP contribution in [0.15, 0.2) is 53.6 Å². The average Bonchev–Trinajstić information content (AvgIpc) is 2.62. The number of hydrazone groups is 1. The van der Waals surface area contributed by atoms with Gasteiger partial charge in [-0.3, -0.25) is 5.01 Å². The summed E-state index contributed by atoms with van der Waals surface area (Å²) >= 11 is 5.90. The van der Waals surface area contributed by atoms with Gasteiger partial charge in [0.15, 0.2) is 0 Å². The van der Waals surface area contributed by atoms with E-state index in [-0.39, 0.29) is 5.56 Å².